The summed E-state index contributed by atoms with van der Waals surface area (Å²) in [5.41, 5.74) is 0.275. The topological polar surface area (TPSA) is 81.4 Å². The Hall–Kier alpha value is -3.95. The number of nitrogens with zero attached hydrogens (tertiary/aromatic N) is 4. The van der Waals surface area contributed by atoms with E-state index in [-0.39, 0.29) is 19.0 Å². The molecule has 152 valence electrons. The van der Waals surface area contributed by atoms with Crippen LogP contribution in [0.1, 0.15) is 10.4 Å². The van der Waals surface area contributed by atoms with Gasteiger partial charge >= 0.3 is 0 Å². The summed E-state index contributed by atoms with van der Waals surface area (Å²) in [6, 6.07) is 12.2. The molecule has 0 saturated heterocycles. The third kappa shape index (κ3) is 3.93. The lowest BCUT2D eigenvalue weighted by Gasteiger charge is -2.08. The van der Waals surface area contributed by atoms with Crippen LogP contribution in [0.3, 0.4) is 0 Å². The van der Waals surface area contributed by atoms with E-state index in [9.17, 15) is 18.0 Å². The zero-order chi connectivity index (χ0) is 21.1. The van der Waals surface area contributed by atoms with Crippen molar-refractivity contribution in [2.75, 3.05) is 13.2 Å². The van der Waals surface area contributed by atoms with Gasteiger partial charge in [0.05, 0.1) is 6.54 Å². The van der Waals surface area contributed by atoms with E-state index in [2.05, 4.69) is 20.6 Å². The molecule has 0 atom stereocenters. The second-order valence-electron chi connectivity index (χ2n) is 6.18. The summed E-state index contributed by atoms with van der Waals surface area (Å²) < 4.78 is 47.6. The summed E-state index contributed by atoms with van der Waals surface area (Å²) in [6.45, 7) is -0.0109. The smallest absolute Gasteiger partial charge is 0.257 e. The summed E-state index contributed by atoms with van der Waals surface area (Å²) >= 11 is 0. The normalized spacial score (nSPS) is 10.9. The maximum Gasteiger partial charge on any atom is 0.257 e. The second-order valence-corrected chi connectivity index (χ2v) is 6.18. The molecule has 0 aliphatic heterocycles. The summed E-state index contributed by atoms with van der Waals surface area (Å²) in [5, 5.41) is 14.6. The summed E-state index contributed by atoms with van der Waals surface area (Å²) in [7, 11) is 0. The van der Waals surface area contributed by atoms with Crippen LogP contribution in [-0.4, -0.2) is 38.9 Å². The first kappa shape index (κ1) is 19.4. The van der Waals surface area contributed by atoms with Gasteiger partial charge in [-0.2, -0.15) is 4.52 Å². The molecule has 1 amide bonds. The van der Waals surface area contributed by atoms with Crippen LogP contribution in [0, 0.1) is 17.5 Å². The molecule has 30 heavy (non-hydrogen) atoms. The van der Waals surface area contributed by atoms with Crippen LogP contribution in [-0.2, 0) is 0 Å². The molecule has 2 heterocycles. The Balaban J connectivity index is 1.42. The predicted molar refractivity (Wildman–Crippen MR) is 100 cm³/mol. The molecule has 1 N–H and O–H groups in total. The van der Waals surface area contributed by atoms with Crippen molar-refractivity contribution >= 4 is 11.6 Å². The quantitative estimate of drug-likeness (QED) is 0.492. The Morgan fingerprint density at radius 1 is 1.00 bits per heavy atom. The molecule has 0 fully saturated rings. The van der Waals surface area contributed by atoms with Gasteiger partial charge in [0.1, 0.15) is 29.6 Å². The van der Waals surface area contributed by atoms with E-state index in [1.807, 2.05) is 0 Å². The number of carbonyl (C=O) groups is 1. The van der Waals surface area contributed by atoms with Gasteiger partial charge in [-0.3, -0.25) is 4.79 Å². The van der Waals surface area contributed by atoms with Crippen LogP contribution in [0.25, 0.3) is 17.0 Å². The number of amides is 1. The van der Waals surface area contributed by atoms with Crippen LogP contribution in [0.2, 0.25) is 0 Å². The van der Waals surface area contributed by atoms with Crippen molar-refractivity contribution in [1.29, 1.82) is 0 Å². The van der Waals surface area contributed by atoms with Gasteiger partial charge in [0.2, 0.25) is 5.88 Å². The van der Waals surface area contributed by atoms with Crippen LogP contribution < -0.4 is 10.1 Å². The maximum atomic E-state index is 13.6. The lowest BCUT2D eigenvalue weighted by molar-refractivity contribution is 0.0938. The summed E-state index contributed by atoms with van der Waals surface area (Å²) in [5.74, 6) is -2.66. The van der Waals surface area contributed by atoms with Gasteiger partial charge in [0.15, 0.2) is 11.5 Å². The Kier molecular flexibility index (Phi) is 5.29. The van der Waals surface area contributed by atoms with Crippen LogP contribution in [0.15, 0.2) is 54.6 Å². The molecule has 4 aromatic rings. The van der Waals surface area contributed by atoms with Gasteiger partial charge in [0.25, 0.3) is 5.91 Å². The zero-order valence-corrected chi connectivity index (χ0v) is 15.3. The van der Waals surface area contributed by atoms with Gasteiger partial charge < -0.3 is 10.1 Å². The van der Waals surface area contributed by atoms with Gasteiger partial charge in [-0.1, -0.05) is 18.2 Å². The summed E-state index contributed by atoms with van der Waals surface area (Å²) in [6.07, 6.45) is 0. The fourth-order valence-corrected chi connectivity index (χ4v) is 2.78. The van der Waals surface area contributed by atoms with Gasteiger partial charge in [0, 0.05) is 11.6 Å². The highest BCUT2D eigenvalue weighted by Crippen LogP contribution is 2.19. The maximum absolute atomic E-state index is 13.6. The molecule has 0 bridgehead atoms. The predicted octanol–water partition coefficient (Wildman–Crippen LogP) is 3.02. The number of aromatic nitrogens is 4. The van der Waals surface area contributed by atoms with Crippen molar-refractivity contribution in [1.82, 2.24) is 25.1 Å². The van der Waals surface area contributed by atoms with Crippen molar-refractivity contribution < 1.29 is 22.7 Å². The van der Waals surface area contributed by atoms with Crippen molar-refractivity contribution in [3.63, 3.8) is 0 Å². The van der Waals surface area contributed by atoms with E-state index in [0.29, 0.717) is 17.0 Å². The fourth-order valence-electron chi connectivity index (χ4n) is 2.78. The van der Waals surface area contributed by atoms with Crippen LogP contribution in [0.5, 0.6) is 5.88 Å². The molecule has 0 radical (unpaired) electrons. The molecule has 0 saturated carbocycles. The Labute approximate surface area is 168 Å². The lowest BCUT2D eigenvalue weighted by atomic mass is 10.2. The van der Waals surface area contributed by atoms with Crippen molar-refractivity contribution in [3.8, 4) is 17.3 Å². The number of hydrogen-bond acceptors (Lipinski definition) is 5. The number of rotatable bonds is 6. The van der Waals surface area contributed by atoms with Gasteiger partial charge in [-0.15, -0.1) is 15.3 Å². The molecule has 2 aromatic heterocycles. The van der Waals surface area contributed by atoms with E-state index in [0.717, 1.165) is 12.1 Å². The van der Waals surface area contributed by atoms with E-state index >= 15 is 0 Å². The molecule has 0 aliphatic rings. The number of halogens is 3. The first-order valence-corrected chi connectivity index (χ1v) is 8.86. The fraction of sp³-hybridized carbons (Fsp3) is 0.100. The standard InChI is InChI=1S/C20H14F3N5O2/c21-13-4-1-3-12(11-13)19-26-25-16-7-8-17(27-28(16)19)30-10-9-24-20(29)18-14(22)5-2-6-15(18)23/h1-8,11H,9-10H2,(H,24,29). The number of nitrogens with one attached hydrogen (secondary N) is 1. The average molecular weight is 413 g/mol. The molecule has 0 spiro atoms. The number of fused-ring (bicyclic) bond motifs is 1. The molecule has 4 rings (SSSR count). The van der Waals surface area contributed by atoms with E-state index in [1.165, 1.54) is 22.7 Å². The molecular formula is C20H14F3N5O2. The lowest BCUT2D eigenvalue weighted by Crippen LogP contribution is -2.29. The monoisotopic (exact) mass is 413 g/mol. The van der Waals surface area contributed by atoms with E-state index in [4.69, 9.17) is 4.74 Å². The van der Waals surface area contributed by atoms with Crippen LogP contribution in [0.4, 0.5) is 13.2 Å². The number of carbonyl (C=O) groups excluding carboxylic acids is 1. The molecular weight excluding hydrogens is 399 g/mol. The Morgan fingerprint density at radius 3 is 2.53 bits per heavy atom. The SMILES string of the molecule is O=C(NCCOc1ccc2nnc(-c3cccc(F)c3)n2n1)c1c(F)cccc1F. The van der Waals surface area contributed by atoms with Gasteiger partial charge in [-0.25, -0.2) is 13.2 Å². The van der Waals surface area contributed by atoms with E-state index < -0.39 is 28.9 Å². The number of ether oxygens (including phenoxy) is 1. The minimum atomic E-state index is -0.946. The second kappa shape index (κ2) is 8.19. The van der Waals surface area contributed by atoms with E-state index in [1.54, 1.807) is 24.3 Å². The zero-order valence-electron chi connectivity index (χ0n) is 15.3. The molecule has 0 unspecified atom stereocenters. The first-order chi connectivity index (χ1) is 14.5. The molecule has 2 aromatic carbocycles. The third-order valence-electron chi connectivity index (χ3n) is 4.15. The van der Waals surface area contributed by atoms with Crippen molar-refractivity contribution in [2.24, 2.45) is 0 Å². The number of hydrogen-bond donors (Lipinski definition) is 1. The first-order valence-electron chi connectivity index (χ1n) is 8.86. The summed E-state index contributed by atoms with van der Waals surface area (Å²) in [4.78, 5) is 12.0. The molecule has 10 heteroatoms. The highest BCUT2D eigenvalue weighted by molar-refractivity contribution is 5.94. The molecule has 0 aliphatic carbocycles. The molecule has 7 nitrogen and oxygen atoms in total. The average Bonchev–Trinajstić information content (AvgIpc) is 3.14. The number of benzene rings is 2. The highest BCUT2D eigenvalue weighted by atomic mass is 19.1. The highest BCUT2D eigenvalue weighted by Gasteiger charge is 2.16. The third-order valence-corrected chi connectivity index (χ3v) is 4.15. The Bertz CT molecular complexity index is 1210. The van der Waals surface area contributed by atoms with Crippen molar-refractivity contribution in [3.05, 3.63) is 77.6 Å². The Morgan fingerprint density at radius 2 is 1.77 bits per heavy atom. The van der Waals surface area contributed by atoms with Gasteiger partial charge in [-0.05, 0) is 30.3 Å². The largest absolute Gasteiger partial charge is 0.475 e. The minimum absolute atomic E-state index is 0.00224. The van der Waals surface area contributed by atoms with Crippen LogP contribution >= 0.6 is 0 Å². The minimum Gasteiger partial charge on any atom is -0.475 e. The van der Waals surface area contributed by atoms with Crippen molar-refractivity contribution in [2.45, 2.75) is 0 Å².